The predicted molar refractivity (Wildman–Crippen MR) is 74.2 cm³/mol. The van der Waals surface area contributed by atoms with Crippen molar-refractivity contribution in [3.8, 4) is 5.75 Å². The zero-order valence-electron chi connectivity index (χ0n) is 10.2. The first-order valence-electron chi connectivity index (χ1n) is 5.84. The molecule has 2 rings (SSSR count). The average Bonchev–Trinajstić information content (AvgIpc) is 2.40. The van der Waals surface area contributed by atoms with Crippen LogP contribution >= 0.6 is 11.6 Å². The van der Waals surface area contributed by atoms with Crippen molar-refractivity contribution in [2.45, 2.75) is 13.5 Å². The lowest BCUT2D eigenvalue weighted by Crippen LogP contribution is -2.00. The number of nitrogens with one attached hydrogen (secondary N) is 1. The normalized spacial score (nSPS) is 10.1. The van der Waals surface area contributed by atoms with Gasteiger partial charge in [-0.2, -0.15) is 0 Å². The van der Waals surface area contributed by atoms with Gasteiger partial charge in [0.1, 0.15) is 5.75 Å². The lowest BCUT2D eigenvalue weighted by atomic mass is 10.2. The van der Waals surface area contributed by atoms with Crippen LogP contribution in [0.2, 0.25) is 5.02 Å². The quantitative estimate of drug-likeness (QED) is 0.891. The average molecular weight is 263 g/mol. The van der Waals surface area contributed by atoms with E-state index in [2.05, 4.69) is 10.3 Å². The van der Waals surface area contributed by atoms with Crippen molar-refractivity contribution in [3.05, 3.63) is 53.3 Å². The van der Waals surface area contributed by atoms with Gasteiger partial charge in [-0.25, -0.2) is 0 Å². The number of anilines is 1. The fraction of sp³-hybridized carbons (Fsp3) is 0.214. The number of ether oxygens (including phenoxy) is 1. The predicted octanol–water partition coefficient (Wildman–Crippen LogP) is 3.75. The summed E-state index contributed by atoms with van der Waals surface area (Å²) in [7, 11) is 0. The van der Waals surface area contributed by atoms with Crippen molar-refractivity contribution >= 4 is 17.3 Å². The Hall–Kier alpha value is -1.74. The van der Waals surface area contributed by atoms with E-state index in [9.17, 15) is 0 Å². The first kappa shape index (κ1) is 12.7. The molecule has 1 aromatic carbocycles. The summed E-state index contributed by atoms with van der Waals surface area (Å²) >= 11 is 6.03. The van der Waals surface area contributed by atoms with Gasteiger partial charge in [-0.15, -0.1) is 0 Å². The fourth-order valence-corrected chi connectivity index (χ4v) is 1.77. The third-order valence-electron chi connectivity index (χ3n) is 2.50. The maximum atomic E-state index is 6.03. The van der Waals surface area contributed by atoms with Crippen molar-refractivity contribution in [3.63, 3.8) is 0 Å². The van der Waals surface area contributed by atoms with Gasteiger partial charge < -0.3 is 10.1 Å². The van der Waals surface area contributed by atoms with Gasteiger partial charge in [0.05, 0.1) is 11.6 Å². The molecular formula is C14H15ClN2O. The minimum Gasteiger partial charge on any atom is -0.494 e. The van der Waals surface area contributed by atoms with Crippen LogP contribution in [0.4, 0.5) is 5.69 Å². The van der Waals surface area contributed by atoms with E-state index in [1.807, 2.05) is 37.3 Å². The van der Waals surface area contributed by atoms with Crippen molar-refractivity contribution in [2.24, 2.45) is 0 Å². The summed E-state index contributed by atoms with van der Waals surface area (Å²) in [5.41, 5.74) is 2.06. The van der Waals surface area contributed by atoms with E-state index < -0.39 is 0 Å². The summed E-state index contributed by atoms with van der Waals surface area (Å²) in [4.78, 5) is 3.96. The van der Waals surface area contributed by atoms with E-state index >= 15 is 0 Å². The van der Waals surface area contributed by atoms with Crippen molar-refractivity contribution < 1.29 is 4.74 Å². The van der Waals surface area contributed by atoms with Crippen molar-refractivity contribution in [2.75, 3.05) is 11.9 Å². The van der Waals surface area contributed by atoms with Gasteiger partial charge >= 0.3 is 0 Å². The first-order valence-corrected chi connectivity index (χ1v) is 6.22. The van der Waals surface area contributed by atoms with Gasteiger partial charge in [-0.1, -0.05) is 11.6 Å². The number of hydrogen-bond donors (Lipinski definition) is 1. The Morgan fingerprint density at radius 1 is 1.22 bits per heavy atom. The molecule has 0 aliphatic carbocycles. The molecule has 3 nitrogen and oxygen atoms in total. The molecule has 0 saturated heterocycles. The van der Waals surface area contributed by atoms with Crippen molar-refractivity contribution in [1.82, 2.24) is 4.98 Å². The maximum absolute atomic E-state index is 6.03. The van der Waals surface area contributed by atoms with E-state index in [4.69, 9.17) is 16.3 Å². The molecule has 18 heavy (non-hydrogen) atoms. The van der Waals surface area contributed by atoms with Gasteiger partial charge in [-0.3, -0.25) is 4.98 Å². The monoisotopic (exact) mass is 262 g/mol. The molecule has 94 valence electrons. The SMILES string of the molecule is CCOc1ccc(NCc2ccncc2Cl)cc1. The highest BCUT2D eigenvalue weighted by atomic mass is 35.5. The number of rotatable bonds is 5. The van der Waals surface area contributed by atoms with Gasteiger partial charge in [0.2, 0.25) is 0 Å². The van der Waals surface area contributed by atoms with E-state index in [0.717, 1.165) is 17.0 Å². The molecule has 0 fully saturated rings. The molecule has 0 spiro atoms. The van der Waals surface area contributed by atoms with Crippen LogP contribution in [0.5, 0.6) is 5.75 Å². The molecule has 4 heteroatoms. The Labute approximate surface area is 112 Å². The first-order chi connectivity index (χ1) is 8.79. The second-order valence-electron chi connectivity index (χ2n) is 3.78. The Bertz CT molecular complexity index is 499. The molecule has 1 N–H and O–H groups in total. The topological polar surface area (TPSA) is 34.1 Å². The Balaban J connectivity index is 1.96. The summed E-state index contributed by atoms with van der Waals surface area (Å²) in [5.74, 6) is 0.880. The molecule has 0 aliphatic rings. The summed E-state index contributed by atoms with van der Waals surface area (Å²) in [6.45, 7) is 3.33. The maximum Gasteiger partial charge on any atom is 0.119 e. The Kier molecular flexibility index (Phi) is 4.42. The van der Waals surface area contributed by atoms with Gasteiger partial charge in [0, 0.05) is 24.6 Å². The van der Waals surface area contributed by atoms with Crippen LogP contribution < -0.4 is 10.1 Å². The van der Waals surface area contributed by atoms with Gasteiger partial charge in [0.25, 0.3) is 0 Å². The van der Waals surface area contributed by atoms with Crippen LogP contribution in [0.25, 0.3) is 0 Å². The van der Waals surface area contributed by atoms with Crippen LogP contribution in [0.3, 0.4) is 0 Å². The lowest BCUT2D eigenvalue weighted by Gasteiger charge is -2.09. The highest BCUT2D eigenvalue weighted by Crippen LogP contribution is 2.18. The largest absolute Gasteiger partial charge is 0.494 e. The second kappa shape index (κ2) is 6.26. The summed E-state index contributed by atoms with van der Waals surface area (Å²) in [5, 5.41) is 3.98. The van der Waals surface area contributed by atoms with Crippen LogP contribution in [-0.4, -0.2) is 11.6 Å². The molecule has 1 heterocycles. The van der Waals surface area contributed by atoms with Gasteiger partial charge in [-0.05, 0) is 42.8 Å². The summed E-state index contributed by atoms with van der Waals surface area (Å²) < 4.78 is 5.39. The fourth-order valence-electron chi connectivity index (χ4n) is 1.58. The molecule has 1 aromatic heterocycles. The highest BCUT2D eigenvalue weighted by molar-refractivity contribution is 6.31. The van der Waals surface area contributed by atoms with Crippen LogP contribution in [0.1, 0.15) is 12.5 Å². The lowest BCUT2D eigenvalue weighted by molar-refractivity contribution is 0.340. The number of aromatic nitrogens is 1. The summed E-state index contributed by atoms with van der Waals surface area (Å²) in [6.07, 6.45) is 3.39. The van der Waals surface area contributed by atoms with E-state index in [1.165, 1.54) is 0 Å². The van der Waals surface area contributed by atoms with E-state index in [1.54, 1.807) is 12.4 Å². The van der Waals surface area contributed by atoms with Gasteiger partial charge in [0.15, 0.2) is 0 Å². The Morgan fingerprint density at radius 2 is 2.00 bits per heavy atom. The third-order valence-corrected chi connectivity index (χ3v) is 2.85. The van der Waals surface area contributed by atoms with Crippen LogP contribution in [0, 0.1) is 0 Å². The molecule has 0 saturated carbocycles. The highest BCUT2D eigenvalue weighted by Gasteiger charge is 1.99. The van der Waals surface area contributed by atoms with E-state index in [-0.39, 0.29) is 0 Å². The number of hydrogen-bond acceptors (Lipinski definition) is 3. The molecule has 2 aromatic rings. The number of benzene rings is 1. The van der Waals surface area contributed by atoms with Crippen LogP contribution in [-0.2, 0) is 6.54 Å². The molecular weight excluding hydrogens is 248 g/mol. The zero-order valence-corrected chi connectivity index (χ0v) is 10.9. The Morgan fingerprint density at radius 3 is 2.67 bits per heavy atom. The molecule has 0 atom stereocenters. The number of nitrogens with zero attached hydrogens (tertiary/aromatic N) is 1. The van der Waals surface area contributed by atoms with Crippen LogP contribution in [0.15, 0.2) is 42.7 Å². The van der Waals surface area contributed by atoms with E-state index in [0.29, 0.717) is 18.2 Å². The standard InChI is InChI=1S/C14H15ClN2O/c1-2-18-13-5-3-12(4-6-13)17-9-11-7-8-16-10-14(11)15/h3-8,10,17H,2,9H2,1H3. The third kappa shape index (κ3) is 3.37. The second-order valence-corrected chi connectivity index (χ2v) is 4.19. The molecule has 0 bridgehead atoms. The molecule has 0 aliphatic heterocycles. The minimum atomic E-state index is 0.676. The molecule has 0 unspecified atom stereocenters. The van der Waals surface area contributed by atoms with Crippen molar-refractivity contribution in [1.29, 1.82) is 0 Å². The summed E-state index contributed by atoms with van der Waals surface area (Å²) in [6, 6.07) is 9.77. The molecule has 0 radical (unpaired) electrons. The number of halogens is 1. The zero-order chi connectivity index (χ0) is 12.8. The smallest absolute Gasteiger partial charge is 0.119 e. The number of pyridine rings is 1. The molecule has 0 amide bonds. The minimum absolute atomic E-state index is 0.676.